The van der Waals surface area contributed by atoms with E-state index in [0.29, 0.717) is 5.92 Å². The summed E-state index contributed by atoms with van der Waals surface area (Å²) in [5.41, 5.74) is 5.64. The van der Waals surface area contributed by atoms with Gasteiger partial charge in [-0.25, -0.2) is 0 Å². The van der Waals surface area contributed by atoms with Crippen LogP contribution >= 0.6 is 0 Å². The van der Waals surface area contributed by atoms with Crippen LogP contribution in [-0.2, 0) is 6.54 Å². The second-order valence-electron chi connectivity index (χ2n) is 3.96. The number of likely N-dealkylation sites (tertiary alicyclic amines) is 1. The molecular formula is C10H18N4. The summed E-state index contributed by atoms with van der Waals surface area (Å²) in [5, 5.41) is 4.18. The van der Waals surface area contributed by atoms with Crippen molar-refractivity contribution in [2.75, 3.05) is 26.2 Å². The van der Waals surface area contributed by atoms with Crippen molar-refractivity contribution in [3.8, 4) is 0 Å². The summed E-state index contributed by atoms with van der Waals surface area (Å²) in [5.74, 6) is 0.715. The lowest BCUT2D eigenvalue weighted by Gasteiger charge is -2.15. The molecule has 14 heavy (non-hydrogen) atoms. The van der Waals surface area contributed by atoms with Gasteiger partial charge in [-0.1, -0.05) is 0 Å². The topological polar surface area (TPSA) is 47.1 Å². The molecule has 1 unspecified atom stereocenters. The Morgan fingerprint density at radius 3 is 3.00 bits per heavy atom. The normalized spacial score (nSPS) is 23.1. The van der Waals surface area contributed by atoms with Crippen molar-refractivity contribution in [1.82, 2.24) is 14.7 Å². The third-order valence-electron chi connectivity index (χ3n) is 2.91. The van der Waals surface area contributed by atoms with Crippen LogP contribution in [0.3, 0.4) is 0 Å². The van der Waals surface area contributed by atoms with E-state index >= 15 is 0 Å². The van der Waals surface area contributed by atoms with Gasteiger partial charge in [-0.05, 0) is 31.5 Å². The van der Waals surface area contributed by atoms with E-state index < -0.39 is 0 Å². The second-order valence-corrected chi connectivity index (χ2v) is 3.96. The summed E-state index contributed by atoms with van der Waals surface area (Å²) in [6, 6.07) is 1.96. The number of nitrogens with two attached hydrogens (primary N) is 1. The number of hydrogen-bond donors (Lipinski definition) is 1. The van der Waals surface area contributed by atoms with Crippen molar-refractivity contribution in [3.63, 3.8) is 0 Å². The predicted octanol–water partition coefficient (Wildman–Crippen LogP) is 0.164. The molecule has 4 heteroatoms. The van der Waals surface area contributed by atoms with Crippen LogP contribution in [0.25, 0.3) is 0 Å². The Morgan fingerprint density at radius 2 is 2.36 bits per heavy atom. The Balaban J connectivity index is 1.72. The third-order valence-corrected chi connectivity index (χ3v) is 2.91. The summed E-state index contributed by atoms with van der Waals surface area (Å²) in [7, 11) is 0. The Morgan fingerprint density at radius 1 is 1.43 bits per heavy atom. The van der Waals surface area contributed by atoms with Crippen LogP contribution < -0.4 is 5.73 Å². The summed E-state index contributed by atoms with van der Waals surface area (Å²) in [4.78, 5) is 2.47. The minimum atomic E-state index is 0.715. The van der Waals surface area contributed by atoms with Crippen LogP contribution in [-0.4, -0.2) is 40.9 Å². The molecule has 1 aromatic rings. The summed E-state index contributed by atoms with van der Waals surface area (Å²) >= 11 is 0. The predicted molar refractivity (Wildman–Crippen MR) is 55.8 cm³/mol. The van der Waals surface area contributed by atoms with Gasteiger partial charge in [-0.15, -0.1) is 0 Å². The molecule has 1 aliphatic rings. The molecule has 0 aromatic carbocycles. The largest absolute Gasteiger partial charge is 0.330 e. The molecule has 0 amide bonds. The zero-order chi connectivity index (χ0) is 9.80. The van der Waals surface area contributed by atoms with Crippen molar-refractivity contribution in [1.29, 1.82) is 0 Å². The maximum atomic E-state index is 5.64. The Kier molecular flexibility index (Phi) is 3.16. The summed E-state index contributed by atoms with van der Waals surface area (Å²) in [6.45, 7) is 5.28. The van der Waals surface area contributed by atoms with Crippen LogP contribution in [0.1, 0.15) is 6.42 Å². The fourth-order valence-corrected chi connectivity index (χ4v) is 1.98. The number of aromatic nitrogens is 2. The van der Waals surface area contributed by atoms with Crippen molar-refractivity contribution in [2.45, 2.75) is 13.0 Å². The van der Waals surface area contributed by atoms with E-state index in [1.165, 1.54) is 13.0 Å². The van der Waals surface area contributed by atoms with Crippen molar-refractivity contribution in [2.24, 2.45) is 11.7 Å². The zero-order valence-corrected chi connectivity index (χ0v) is 8.47. The van der Waals surface area contributed by atoms with Crippen LogP contribution in [0, 0.1) is 5.92 Å². The lowest BCUT2D eigenvalue weighted by Crippen LogP contribution is -2.26. The molecule has 2 N–H and O–H groups in total. The van der Waals surface area contributed by atoms with Crippen LogP contribution in [0.4, 0.5) is 0 Å². The molecule has 4 nitrogen and oxygen atoms in total. The van der Waals surface area contributed by atoms with E-state index in [1.807, 2.05) is 23.1 Å². The second kappa shape index (κ2) is 4.57. The van der Waals surface area contributed by atoms with Gasteiger partial charge in [0.1, 0.15) is 0 Å². The zero-order valence-electron chi connectivity index (χ0n) is 8.47. The van der Waals surface area contributed by atoms with Crippen LogP contribution in [0.2, 0.25) is 0 Å². The highest BCUT2D eigenvalue weighted by atomic mass is 15.3. The number of rotatable bonds is 4. The van der Waals surface area contributed by atoms with E-state index in [2.05, 4.69) is 10.00 Å². The smallest absolute Gasteiger partial charge is 0.0536 e. The fraction of sp³-hybridized carbons (Fsp3) is 0.700. The molecule has 1 atom stereocenters. The lowest BCUT2D eigenvalue weighted by atomic mass is 10.1. The standard InChI is InChI=1S/C10H18N4/c11-8-10-2-5-13(9-10)6-7-14-4-1-3-12-14/h1,3-4,10H,2,5-9,11H2. The first kappa shape index (κ1) is 9.68. The van der Waals surface area contributed by atoms with E-state index in [-0.39, 0.29) is 0 Å². The van der Waals surface area contributed by atoms with Gasteiger partial charge >= 0.3 is 0 Å². The minimum Gasteiger partial charge on any atom is -0.330 e. The van der Waals surface area contributed by atoms with E-state index in [9.17, 15) is 0 Å². The van der Waals surface area contributed by atoms with E-state index in [1.54, 1.807) is 0 Å². The highest BCUT2D eigenvalue weighted by molar-refractivity contribution is 4.79. The molecule has 1 aliphatic heterocycles. The third kappa shape index (κ3) is 2.33. The molecular weight excluding hydrogens is 176 g/mol. The maximum Gasteiger partial charge on any atom is 0.0536 e. The highest BCUT2D eigenvalue weighted by Crippen LogP contribution is 2.14. The molecule has 0 bridgehead atoms. The Hall–Kier alpha value is -0.870. The fourth-order valence-electron chi connectivity index (χ4n) is 1.98. The number of nitrogens with zero attached hydrogens (tertiary/aromatic N) is 3. The molecule has 2 heterocycles. The van der Waals surface area contributed by atoms with Crippen molar-refractivity contribution >= 4 is 0 Å². The molecule has 1 saturated heterocycles. The molecule has 1 fully saturated rings. The summed E-state index contributed by atoms with van der Waals surface area (Å²) < 4.78 is 1.98. The molecule has 0 radical (unpaired) electrons. The van der Waals surface area contributed by atoms with Gasteiger partial charge in [0.2, 0.25) is 0 Å². The molecule has 0 spiro atoms. The molecule has 2 rings (SSSR count). The number of hydrogen-bond acceptors (Lipinski definition) is 3. The quantitative estimate of drug-likeness (QED) is 0.743. The first-order valence-electron chi connectivity index (χ1n) is 5.28. The van der Waals surface area contributed by atoms with Gasteiger partial charge in [-0.3, -0.25) is 4.68 Å². The first-order valence-corrected chi connectivity index (χ1v) is 5.28. The molecule has 78 valence electrons. The molecule has 0 aliphatic carbocycles. The average molecular weight is 194 g/mol. The van der Waals surface area contributed by atoms with Gasteiger partial charge in [0.15, 0.2) is 0 Å². The first-order chi connectivity index (χ1) is 6.88. The SMILES string of the molecule is NCC1CCN(CCn2cccn2)C1. The van der Waals surface area contributed by atoms with Gasteiger partial charge in [0, 0.05) is 25.5 Å². The Labute approximate surface area is 84.7 Å². The average Bonchev–Trinajstić information content (AvgIpc) is 2.86. The monoisotopic (exact) mass is 194 g/mol. The van der Waals surface area contributed by atoms with Gasteiger partial charge in [-0.2, -0.15) is 5.10 Å². The van der Waals surface area contributed by atoms with E-state index in [4.69, 9.17) is 5.73 Å². The van der Waals surface area contributed by atoms with Gasteiger partial charge < -0.3 is 10.6 Å². The van der Waals surface area contributed by atoms with Gasteiger partial charge in [0.05, 0.1) is 6.54 Å². The highest BCUT2D eigenvalue weighted by Gasteiger charge is 2.20. The van der Waals surface area contributed by atoms with Gasteiger partial charge in [0.25, 0.3) is 0 Å². The Bertz CT molecular complexity index is 257. The molecule has 1 aromatic heterocycles. The van der Waals surface area contributed by atoms with Crippen molar-refractivity contribution < 1.29 is 0 Å². The maximum absolute atomic E-state index is 5.64. The summed E-state index contributed by atoms with van der Waals surface area (Å²) in [6.07, 6.45) is 5.10. The molecule has 0 saturated carbocycles. The van der Waals surface area contributed by atoms with Crippen LogP contribution in [0.5, 0.6) is 0 Å². The van der Waals surface area contributed by atoms with E-state index in [0.717, 1.165) is 26.2 Å². The van der Waals surface area contributed by atoms with Crippen molar-refractivity contribution in [3.05, 3.63) is 18.5 Å². The van der Waals surface area contributed by atoms with Crippen LogP contribution in [0.15, 0.2) is 18.5 Å². The lowest BCUT2D eigenvalue weighted by molar-refractivity contribution is 0.304. The minimum absolute atomic E-state index is 0.715.